The van der Waals surface area contributed by atoms with E-state index in [1.54, 1.807) is 12.0 Å². The van der Waals surface area contributed by atoms with Gasteiger partial charge in [0, 0.05) is 25.0 Å². The van der Waals surface area contributed by atoms with Gasteiger partial charge in [0.25, 0.3) is 0 Å². The maximum atomic E-state index is 12.2. The normalized spacial score (nSPS) is 10.3. The van der Waals surface area contributed by atoms with Crippen molar-refractivity contribution in [3.8, 4) is 5.75 Å². The van der Waals surface area contributed by atoms with Crippen LogP contribution in [0.25, 0.3) is 0 Å². The van der Waals surface area contributed by atoms with Gasteiger partial charge in [-0.15, -0.1) is 0 Å². The van der Waals surface area contributed by atoms with E-state index in [2.05, 4.69) is 0 Å². The summed E-state index contributed by atoms with van der Waals surface area (Å²) in [5.74, 6) is 0.923. The molecule has 0 aromatic heterocycles. The van der Waals surface area contributed by atoms with Crippen molar-refractivity contribution in [3.63, 3.8) is 0 Å². The van der Waals surface area contributed by atoms with Crippen LogP contribution in [-0.2, 0) is 17.8 Å². The molecule has 0 heterocycles. The lowest BCUT2D eigenvalue weighted by atomic mass is 10.1. The van der Waals surface area contributed by atoms with E-state index in [1.165, 1.54) is 0 Å². The number of rotatable bonds is 6. The number of aryl methyl sites for hydroxylation is 1. The van der Waals surface area contributed by atoms with Gasteiger partial charge in [0.1, 0.15) is 5.75 Å². The zero-order valence-corrected chi connectivity index (χ0v) is 13.6. The number of ether oxygens (including phenoxy) is 1. The summed E-state index contributed by atoms with van der Waals surface area (Å²) in [6.45, 7) is 0.589. The molecule has 0 unspecified atom stereocenters. The van der Waals surface area contributed by atoms with Crippen LogP contribution in [0.1, 0.15) is 17.5 Å². The molecule has 0 atom stereocenters. The molecule has 2 rings (SSSR count). The Labute approximate surface area is 136 Å². The van der Waals surface area contributed by atoms with Crippen molar-refractivity contribution >= 4 is 17.5 Å². The van der Waals surface area contributed by atoms with Gasteiger partial charge in [-0.1, -0.05) is 41.9 Å². The highest BCUT2D eigenvalue weighted by molar-refractivity contribution is 6.31. The second-order valence-electron chi connectivity index (χ2n) is 5.19. The third-order valence-electron chi connectivity index (χ3n) is 3.57. The van der Waals surface area contributed by atoms with Crippen molar-refractivity contribution in [3.05, 3.63) is 64.7 Å². The Hall–Kier alpha value is -2.00. The minimum Gasteiger partial charge on any atom is -0.497 e. The van der Waals surface area contributed by atoms with Gasteiger partial charge in [0.05, 0.1) is 7.11 Å². The quantitative estimate of drug-likeness (QED) is 0.807. The molecule has 22 heavy (non-hydrogen) atoms. The van der Waals surface area contributed by atoms with Crippen LogP contribution >= 0.6 is 11.6 Å². The number of carbonyl (C=O) groups is 1. The Bertz CT molecular complexity index is 625. The van der Waals surface area contributed by atoms with E-state index < -0.39 is 0 Å². The van der Waals surface area contributed by atoms with E-state index in [9.17, 15) is 4.79 Å². The molecule has 4 heteroatoms. The Balaban J connectivity index is 1.87. The van der Waals surface area contributed by atoms with Crippen molar-refractivity contribution in [2.45, 2.75) is 19.4 Å². The molecule has 0 fully saturated rings. The second-order valence-corrected chi connectivity index (χ2v) is 5.60. The number of amides is 1. The molecule has 0 saturated carbocycles. The summed E-state index contributed by atoms with van der Waals surface area (Å²) in [4.78, 5) is 13.9. The van der Waals surface area contributed by atoms with Crippen LogP contribution in [0.5, 0.6) is 5.75 Å². The fraction of sp³-hybridized carbons (Fsp3) is 0.278. The van der Waals surface area contributed by atoms with Crippen LogP contribution in [-0.4, -0.2) is 25.0 Å². The van der Waals surface area contributed by atoms with Crippen LogP contribution in [0.15, 0.2) is 48.5 Å². The maximum absolute atomic E-state index is 12.2. The van der Waals surface area contributed by atoms with E-state index >= 15 is 0 Å². The number of hydrogen-bond donors (Lipinski definition) is 0. The van der Waals surface area contributed by atoms with Gasteiger partial charge in [-0.25, -0.2) is 0 Å². The third-order valence-corrected chi connectivity index (χ3v) is 3.94. The lowest BCUT2D eigenvalue weighted by molar-refractivity contribution is -0.130. The van der Waals surface area contributed by atoms with Gasteiger partial charge in [-0.05, 0) is 35.7 Å². The predicted molar refractivity (Wildman–Crippen MR) is 89.2 cm³/mol. The zero-order chi connectivity index (χ0) is 15.9. The minimum absolute atomic E-state index is 0.107. The molecule has 2 aromatic rings. The van der Waals surface area contributed by atoms with Gasteiger partial charge in [-0.2, -0.15) is 0 Å². The molecule has 2 aromatic carbocycles. The molecule has 0 saturated heterocycles. The average Bonchev–Trinajstić information content (AvgIpc) is 2.54. The van der Waals surface area contributed by atoms with Crippen molar-refractivity contribution in [2.75, 3.05) is 14.2 Å². The Morgan fingerprint density at radius 1 is 1.14 bits per heavy atom. The summed E-state index contributed by atoms with van der Waals surface area (Å²) >= 11 is 6.11. The molecule has 0 radical (unpaired) electrons. The van der Waals surface area contributed by atoms with E-state index in [0.717, 1.165) is 16.9 Å². The lowest BCUT2D eigenvalue weighted by Crippen LogP contribution is -2.26. The van der Waals surface area contributed by atoms with Crippen LogP contribution in [0, 0.1) is 0 Å². The van der Waals surface area contributed by atoms with Crippen molar-refractivity contribution in [2.24, 2.45) is 0 Å². The van der Waals surface area contributed by atoms with E-state index in [-0.39, 0.29) is 5.91 Å². The third kappa shape index (κ3) is 4.50. The Kier molecular flexibility index (Phi) is 5.84. The molecule has 3 nitrogen and oxygen atoms in total. The molecule has 0 aliphatic carbocycles. The summed E-state index contributed by atoms with van der Waals surface area (Å²) in [5, 5.41) is 0.716. The molecule has 0 aliphatic rings. The molecule has 0 N–H and O–H groups in total. The van der Waals surface area contributed by atoms with Gasteiger partial charge < -0.3 is 9.64 Å². The first-order valence-corrected chi connectivity index (χ1v) is 7.58. The number of carbonyl (C=O) groups excluding carboxylic acids is 1. The topological polar surface area (TPSA) is 29.5 Å². The SMILES string of the molecule is COc1ccc(CN(C)C(=O)CCc2ccccc2Cl)cc1. The van der Waals surface area contributed by atoms with Gasteiger partial charge in [-0.3, -0.25) is 4.79 Å². The van der Waals surface area contributed by atoms with Gasteiger partial charge in [0.15, 0.2) is 0 Å². The minimum atomic E-state index is 0.107. The summed E-state index contributed by atoms with van der Waals surface area (Å²) in [7, 11) is 3.46. The van der Waals surface area contributed by atoms with Gasteiger partial charge >= 0.3 is 0 Å². The van der Waals surface area contributed by atoms with E-state index in [1.807, 2.05) is 55.6 Å². The molecule has 0 bridgehead atoms. The highest BCUT2D eigenvalue weighted by atomic mass is 35.5. The lowest BCUT2D eigenvalue weighted by Gasteiger charge is -2.17. The van der Waals surface area contributed by atoms with Crippen LogP contribution in [0.3, 0.4) is 0 Å². The Morgan fingerprint density at radius 3 is 2.45 bits per heavy atom. The summed E-state index contributed by atoms with van der Waals surface area (Å²) in [5.41, 5.74) is 2.09. The first-order chi connectivity index (χ1) is 10.6. The Morgan fingerprint density at radius 2 is 1.82 bits per heavy atom. The number of benzene rings is 2. The van der Waals surface area contributed by atoms with Gasteiger partial charge in [0.2, 0.25) is 5.91 Å². The number of nitrogens with zero attached hydrogens (tertiary/aromatic N) is 1. The van der Waals surface area contributed by atoms with E-state index in [4.69, 9.17) is 16.3 Å². The first-order valence-electron chi connectivity index (χ1n) is 7.20. The van der Waals surface area contributed by atoms with Crippen molar-refractivity contribution in [1.29, 1.82) is 0 Å². The van der Waals surface area contributed by atoms with Crippen LogP contribution in [0.2, 0.25) is 5.02 Å². The number of methoxy groups -OCH3 is 1. The predicted octanol–water partition coefficient (Wildman–Crippen LogP) is 3.94. The highest BCUT2D eigenvalue weighted by Gasteiger charge is 2.10. The smallest absolute Gasteiger partial charge is 0.222 e. The summed E-state index contributed by atoms with van der Waals surface area (Å²) < 4.78 is 5.13. The molecular weight excluding hydrogens is 298 g/mol. The second kappa shape index (κ2) is 7.85. The fourth-order valence-electron chi connectivity index (χ4n) is 2.23. The largest absolute Gasteiger partial charge is 0.497 e. The van der Waals surface area contributed by atoms with Crippen molar-refractivity contribution in [1.82, 2.24) is 4.90 Å². The summed E-state index contributed by atoms with van der Waals surface area (Å²) in [6.07, 6.45) is 1.11. The zero-order valence-electron chi connectivity index (χ0n) is 12.9. The van der Waals surface area contributed by atoms with Crippen LogP contribution < -0.4 is 4.74 Å². The number of hydrogen-bond acceptors (Lipinski definition) is 2. The number of halogens is 1. The first kappa shape index (κ1) is 16.4. The highest BCUT2D eigenvalue weighted by Crippen LogP contribution is 2.17. The molecular formula is C18H20ClNO2. The monoisotopic (exact) mass is 317 g/mol. The van der Waals surface area contributed by atoms with Crippen LogP contribution in [0.4, 0.5) is 0 Å². The standard InChI is InChI=1S/C18H20ClNO2/c1-20(13-14-7-10-16(22-2)11-8-14)18(21)12-9-15-5-3-4-6-17(15)19/h3-8,10-11H,9,12-13H2,1-2H3. The fourth-order valence-corrected chi connectivity index (χ4v) is 2.46. The molecule has 116 valence electrons. The molecule has 0 aliphatic heterocycles. The molecule has 1 amide bonds. The van der Waals surface area contributed by atoms with Crippen molar-refractivity contribution < 1.29 is 9.53 Å². The summed E-state index contributed by atoms with van der Waals surface area (Å²) in [6, 6.07) is 15.4. The average molecular weight is 318 g/mol. The van der Waals surface area contributed by atoms with E-state index in [0.29, 0.717) is 24.4 Å². The molecule has 0 spiro atoms. The maximum Gasteiger partial charge on any atom is 0.222 e.